The number of piperazine rings is 1. The van der Waals surface area contributed by atoms with Gasteiger partial charge in [0.2, 0.25) is 0 Å². The number of nitrogens with zero attached hydrogens (tertiary/aromatic N) is 1. The van der Waals surface area contributed by atoms with Gasteiger partial charge < -0.3 is 5.32 Å². The highest BCUT2D eigenvalue weighted by Gasteiger charge is 2.39. The Morgan fingerprint density at radius 2 is 2.00 bits per heavy atom. The average Bonchev–Trinajstić information content (AvgIpc) is 2.47. The maximum atomic E-state index is 3.95. The van der Waals surface area contributed by atoms with Crippen LogP contribution in [0.1, 0.15) is 65.2 Å². The molecule has 0 radical (unpaired) electrons. The summed E-state index contributed by atoms with van der Waals surface area (Å²) in [5.74, 6) is 2.61. The average molecular weight is 299 g/mol. The highest BCUT2D eigenvalue weighted by atomic mass is 32.2. The smallest absolute Gasteiger partial charge is 0.0309 e. The highest BCUT2D eigenvalue weighted by Crippen LogP contribution is 2.32. The van der Waals surface area contributed by atoms with Crippen molar-refractivity contribution >= 4 is 11.8 Å². The molecule has 1 spiro atoms. The van der Waals surface area contributed by atoms with Gasteiger partial charge in [-0.1, -0.05) is 39.5 Å². The minimum Gasteiger partial charge on any atom is -0.308 e. The normalized spacial score (nSPS) is 27.0. The predicted octanol–water partition coefficient (Wildman–Crippen LogP) is 3.91. The van der Waals surface area contributed by atoms with E-state index in [1.54, 1.807) is 0 Å². The Labute approximate surface area is 130 Å². The molecular weight excluding hydrogens is 264 g/mol. The SMILES string of the molecule is CCCC1CNC2(CCCCC2)CN1CCCSCC. The van der Waals surface area contributed by atoms with Crippen LogP contribution in [-0.4, -0.2) is 47.6 Å². The van der Waals surface area contributed by atoms with E-state index < -0.39 is 0 Å². The molecular formula is C17H34N2S. The predicted molar refractivity (Wildman–Crippen MR) is 91.7 cm³/mol. The molecule has 1 saturated heterocycles. The van der Waals surface area contributed by atoms with Crippen molar-refractivity contribution in [3.8, 4) is 0 Å². The molecule has 2 rings (SSSR count). The van der Waals surface area contributed by atoms with E-state index in [9.17, 15) is 0 Å². The molecule has 1 saturated carbocycles. The lowest BCUT2D eigenvalue weighted by atomic mass is 9.79. The summed E-state index contributed by atoms with van der Waals surface area (Å²) in [6, 6.07) is 0.791. The summed E-state index contributed by atoms with van der Waals surface area (Å²) >= 11 is 2.10. The maximum absolute atomic E-state index is 3.95. The van der Waals surface area contributed by atoms with Crippen LogP contribution in [0.4, 0.5) is 0 Å². The van der Waals surface area contributed by atoms with E-state index in [4.69, 9.17) is 0 Å². The Bertz CT molecular complexity index is 264. The largest absolute Gasteiger partial charge is 0.308 e. The second-order valence-electron chi connectivity index (χ2n) is 6.69. The van der Waals surface area contributed by atoms with E-state index >= 15 is 0 Å². The van der Waals surface area contributed by atoms with Crippen molar-refractivity contribution in [2.45, 2.75) is 76.8 Å². The Morgan fingerprint density at radius 1 is 1.20 bits per heavy atom. The number of thioether (sulfide) groups is 1. The number of hydrogen-bond donors (Lipinski definition) is 1. The van der Waals surface area contributed by atoms with Crippen LogP contribution in [0.15, 0.2) is 0 Å². The van der Waals surface area contributed by atoms with Gasteiger partial charge in [-0.2, -0.15) is 11.8 Å². The molecule has 1 aliphatic carbocycles. The quantitative estimate of drug-likeness (QED) is 0.718. The van der Waals surface area contributed by atoms with Crippen LogP contribution in [0.25, 0.3) is 0 Å². The molecule has 2 aliphatic rings. The molecule has 1 unspecified atom stereocenters. The van der Waals surface area contributed by atoms with Gasteiger partial charge in [0, 0.05) is 24.7 Å². The second-order valence-corrected chi connectivity index (χ2v) is 8.08. The summed E-state index contributed by atoms with van der Waals surface area (Å²) < 4.78 is 0. The van der Waals surface area contributed by atoms with Gasteiger partial charge >= 0.3 is 0 Å². The van der Waals surface area contributed by atoms with Gasteiger partial charge in [-0.05, 0) is 43.7 Å². The first-order chi connectivity index (χ1) is 9.79. The van der Waals surface area contributed by atoms with Gasteiger partial charge in [0.25, 0.3) is 0 Å². The molecule has 0 aromatic carbocycles. The van der Waals surface area contributed by atoms with Gasteiger partial charge in [-0.3, -0.25) is 4.90 Å². The van der Waals surface area contributed by atoms with Crippen molar-refractivity contribution < 1.29 is 0 Å². The van der Waals surface area contributed by atoms with Crippen molar-refractivity contribution in [3.05, 3.63) is 0 Å². The Kier molecular flexibility index (Phi) is 7.20. The Balaban J connectivity index is 1.87. The van der Waals surface area contributed by atoms with E-state index in [0.29, 0.717) is 5.54 Å². The lowest BCUT2D eigenvalue weighted by Crippen LogP contribution is -2.64. The summed E-state index contributed by atoms with van der Waals surface area (Å²) in [5, 5.41) is 3.95. The first-order valence-electron chi connectivity index (χ1n) is 8.86. The van der Waals surface area contributed by atoms with Crippen LogP contribution in [-0.2, 0) is 0 Å². The molecule has 3 heteroatoms. The topological polar surface area (TPSA) is 15.3 Å². The third-order valence-corrected chi connectivity index (χ3v) is 6.09. The van der Waals surface area contributed by atoms with Gasteiger partial charge in [0.15, 0.2) is 0 Å². The molecule has 2 nitrogen and oxygen atoms in total. The zero-order valence-electron chi connectivity index (χ0n) is 13.6. The fourth-order valence-corrected chi connectivity index (χ4v) is 4.62. The summed E-state index contributed by atoms with van der Waals surface area (Å²) in [4.78, 5) is 2.83. The fraction of sp³-hybridized carbons (Fsp3) is 1.00. The molecule has 1 heterocycles. The van der Waals surface area contributed by atoms with E-state index in [0.717, 1.165) is 6.04 Å². The molecule has 1 N–H and O–H groups in total. The van der Waals surface area contributed by atoms with Gasteiger partial charge in [0.1, 0.15) is 0 Å². The van der Waals surface area contributed by atoms with Crippen molar-refractivity contribution in [3.63, 3.8) is 0 Å². The van der Waals surface area contributed by atoms with Crippen molar-refractivity contribution in [2.75, 3.05) is 31.1 Å². The van der Waals surface area contributed by atoms with E-state index in [2.05, 4.69) is 35.8 Å². The summed E-state index contributed by atoms with van der Waals surface area (Å²) in [6.07, 6.45) is 11.2. The molecule has 1 atom stereocenters. The molecule has 0 aromatic heterocycles. The molecule has 2 fully saturated rings. The molecule has 1 aliphatic heterocycles. The third-order valence-electron chi connectivity index (χ3n) is 5.11. The molecule has 20 heavy (non-hydrogen) atoms. The Morgan fingerprint density at radius 3 is 2.70 bits per heavy atom. The van der Waals surface area contributed by atoms with Gasteiger partial charge in [-0.25, -0.2) is 0 Å². The number of rotatable bonds is 7. The molecule has 0 aromatic rings. The molecule has 0 bridgehead atoms. The highest BCUT2D eigenvalue weighted by molar-refractivity contribution is 7.99. The first-order valence-corrected chi connectivity index (χ1v) is 10.0. The van der Waals surface area contributed by atoms with Gasteiger partial charge in [0.05, 0.1) is 0 Å². The van der Waals surface area contributed by atoms with Crippen molar-refractivity contribution in [1.29, 1.82) is 0 Å². The van der Waals surface area contributed by atoms with Crippen molar-refractivity contribution in [2.24, 2.45) is 0 Å². The summed E-state index contributed by atoms with van der Waals surface area (Å²) in [5.41, 5.74) is 0.473. The van der Waals surface area contributed by atoms with Crippen LogP contribution in [0.2, 0.25) is 0 Å². The third kappa shape index (κ3) is 4.64. The number of hydrogen-bond acceptors (Lipinski definition) is 3. The molecule has 0 amide bonds. The van der Waals surface area contributed by atoms with E-state index in [1.165, 1.54) is 82.5 Å². The minimum atomic E-state index is 0.473. The zero-order valence-corrected chi connectivity index (χ0v) is 14.4. The standard InChI is InChI=1S/C17H34N2S/c1-3-9-16-14-18-17(10-6-5-7-11-17)15-19(16)12-8-13-20-4-2/h16,18H,3-15H2,1-2H3. The first kappa shape index (κ1) is 16.6. The summed E-state index contributed by atoms with van der Waals surface area (Å²) in [6.45, 7) is 8.47. The van der Waals surface area contributed by atoms with Crippen molar-refractivity contribution in [1.82, 2.24) is 10.2 Å². The lowest BCUT2D eigenvalue weighted by molar-refractivity contribution is 0.0521. The summed E-state index contributed by atoms with van der Waals surface area (Å²) in [7, 11) is 0. The van der Waals surface area contributed by atoms with Crippen LogP contribution < -0.4 is 5.32 Å². The van der Waals surface area contributed by atoms with Gasteiger partial charge in [-0.15, -0.1) is 0 Å². The fourth-order valence-electron chi connectivity index (χ4n) is 3.99. The maximum Gasteiger partial charge on any atom is 0.0309 e. The zero-order chi connectivity index (χ0) is 14.3. The number of nitrogens with one attached hydrogen (secondary N) is 1. The van der Waals surface area contributed by atoms with Crippen LogP contribution in [0.5, 0.6) is 0 Å². The van der Waals surface area contributed by atoms with Crippen LogP contribution in [0.3, 0.4) is 0 Å². The lowest BCUT2D eigenvalue weighted by Gasteiger charge is -2.50. The van der Waals surface area contributed by atoms with Crippen LogP contribution in [0, 0.1) is 0 Å². The van der Waals surface area contributed by atoms with Crippen LogP contribution >= 0.6 is 11.8 Å². The van der Waals surface area contributed by atoms with E-state index in [-0.39, 0.29) is 0 Å². The molecule has 118 valence electrons. The Hall–Kier alpha value is 0.270. The second kappa shape index (κ2) is 8.65. The monoisotopic (exact) mass is 298 g/mol. The minimum absolute atomic E-state index is 0.473. The van der Waals surface area contributed by atoms with E-state index in [1.807, 2.05) is 0 Å².